The van der Waals surface area contributed by atoms with Crippen molar-refractivity contribution in [2.24, 2.45) is 4.99 Å². The van der Waals surface area contributed by atoms with Gasteiger partial charge in [0.2, 0.25) is 10.0 Å². The second-order valence-electron chi connectivity index (χ2n) is 5.93. The molecule has 0 aromatic heterocycles. The monoisotopic (exact) mass is 466 g/mol. The van der Waals surface area contributed by atoms with Gasteiger partial charge < -0.3 is 10.6 Å². The molecule has 0 atom stereocenters. The molecule has 3 N–H and O–H groups in total. The lowest BCUT2D eigenvalue weighted by Gasteiger charge is -2.16. The Morgan fingerprint density at radius 2 is 1.83 bits per heavy atom. The van der Waals surface area contributed by atoms with E-state index in [0.29, 0.717) is 13.1 Å². The van der Waals surface area contributed by atoms with Crippen molar-refractivity contribution in [3.63, 3.8) is 0 Å². The number of hydrogen-bond donors (Lipinski definition) is 3. The topological polar surface area (TPSA) is 82.6 Å². The van der Waals surface area contributed by atoms with Crippen LogP contribution < -0.4 is 15.4 Å². The van der Waals surface area contributed by atoms with Crippen LogP contribution >= 0.6 is 24.0 Å². The highest BCUT2D eigenvalue weighted by atomic mass is 127. The number of sulfonamides is 1. The molecule has 0 radical (unpaired) electrons. The Morgan fingerprint density at radius 3 is 2.38 bits per heavy atom. The molecular formula is C16H27IN4O2S. The molecule has 0 aliphatic heterocycles. The summed E-state index contributed by atoms with van der Waals surface area (Å²) >= 11 is 0. The van der Waals surface area contributed by atoms with Crippen LogP contribution in [0.5, 0.6) is 0 Å². The van der Waals surface area contributed by atoms with E-state index in [2.05, 4.69) is 44.6 Å². The third kappa shape index (κ3) is 6.94. The van der Waals surface area contributed by atoms with Crippen LogP contribution in [-0.2, 0) is 15.4 Å². The molecule has 1 aliphatic carbocycles. The Labute approximate surface area is 162 Å². The van der Waals surface area contributed by atoms with E-state index in [-0.39, 0.29) is 29.4 Å². The van der Waals surface area contributed by atoms with E-state index in [0.717, 1.165) is 38.1 Å². The zero-order chi connectivity index (χ0) is 16.8. The predicted molar refractivity (Wildman–Crippen MR) is 110 cm³/mol. The molecule has 2 rings (SSSR count). The first-order chi connectivity index (χ1) is 11.0. The molecule has 0 unspecified atom stereocenters. The lowest BCUT2D eigenvalue weighted by Crippen LogP contribution is -2.41. The molecule has 1 fully saturated rings. The van der Waals surface area contributed by atoms with Crippen LogP contribution in [0, 0.1) is 0 Å². The first-order valence-corrected chi connectivity index (χ1v) is 9.87. The average Bonchev–Trinajstić information content (AvgIpc) is 3.30. The zero-order valence-electron chi connectivity index (χ0n) is 14.2. The fourth-order valence-corrected chi connectivity index (χ4v) is 2.94. The van der Waals surface area contributed by atoms with Gasteiger partial charge in [0, 0.05) is 25.0 Å². The van der Waals surface area contributed by atoms with E-state index in [9.17, 15) is 8.42 Å². The van der Waals surface area contributed by atoms with E-state index >= 15 is 0 Å². The van der Waals surface area contributed by atoms with Crippen molar-refractivity contribution in [1.29, 1.82) is 0 Å². The van der Waals surface area contributed by atoms with Crippen molar-refractivity contribution in [1.82, 2.24) is 15.4 Å². The van der Waals surface area contributed by atoms with Gasteiger partial charge in [0.25, 0.3) is 0 Å². The highest BCUT2D eigenvalue weighted by molar-refractivity contribution is 14.0. The van der Waals surface area contributed by atoms with Crippen LogP contribution in [0.4, 0.5) is 0 Å². The molecule has 6 nitrogen and oxygen atoms in total. The third-order valence-electron chi connectivity index (χ3n) is 3.91. The minimum absolute atomic E-state index is 0. The Morgan fingerprint density at radius 1 is 1.17 bits per heavy atom. The molecule has 1 aromatic carbocycles. The summed E-state index contributed by atoms with van der Waals surface area (Å²) in [7, 11) is -3.15. The molecule has 0 heterocycles. The summed E-state index contributed by atoms with van der Waals surface area (Å²) in [5.74, 6) is 0.727. The second-order valence-corrected chi connectivity index (χ2v) is 7.77. The van der Waals surface area contributed by atoms with Crippen molar-refractivity contribution in [2.75, 3.05) is 32.4 Å². The molecule has 136 valence electrons. The SMILES string of the molecule is CCNC(=NCC1(c2ccccc2)CC1)NCCNS(C)(=O)=O.I. The van der Waals surface area contributed by atoms with Crippen LogP contribution in [-0.4, -0.2) is 46.8 Å². The minimum atomic E-state index is -3.15. The fourth-order valence-electron chi connectivity index (χ4n) is 2.47. The van der Waals surface area contributed by atoms with Crippen LogP contribution in [0.2, 0.25) is 0 Å². The van der Waals surface area contributed by atoms with Crippen LogP contribution in [0.25, 0.3) is 0 Å². The summed E-state index contributed by atoms with van der Waals surface area (Å²) in [5, 5.41) is 6.35. The van der Waals surface area contributed by atoms with Gasteiger partial charge in [-0.3, -0.25) is 4.99 Å². The van der Waals surface area contributed by atoms with E-state index in [1.54, 1.807) is 0 Å². The van der Waals surface area contributed by atoms with E-state index in [4.69, 9.17) is 0 Å². The Hall–Kier alpha value is -0.870. The third-order valence-corrected chi connectivity index (χ3v) is 4.63. The Balaban J connectivity index is 0.00000288. The largest absolute Gasteiger partial charge is 0.357 e. The number of aliphatic imine (C=N–C) groups is 1. The number of rotatable bonds is 8. The summed E-state index contributed by atoms with van der Waals surface area (Å²) in [6.45, 7) is 4.36. The molecule has 1 saturated carbocycles. The van der Waals surface area contributed by atoms with Crippen molar-refractivity contribution in [3.8, 4) is 0 Å². The van der Waals surface area contributed by atoms with Crippen molar-refractivity contribution in [3.05, 3.63) is 35.9 Å². The molecule has 0 amide bonds. The number of benzene rings is 1. The molecule has 0 bridgehead atoms. The molecule has 1 aromatic rings. The Kier molecular flexibility index (Phi) is 8.44. The van der Waals surface area contributed by atoms with Crippen LogP contribution in [0.3, 0.4) is 0 Å². The number of hydrogen-bond acceptors (Lipinski definition) is 3. The standard InChI is InChI=1S/C16H26N4O2S.HI/c1-3-17-15(18-11-12-20-23(2,21)22)19-13-16(9-10-16)14-7-5-4-6-8-14;/h4-8,20H,3,9-13H2,1-2H3,(H2,17,18,19);1H. The van der Waals surface area contributed by atoms with Crippen LogP contribution in [0.1, 0.15) is 25.3 Å². The van der Waals surface area contributed by atoms with E-state index < -0.39 is 10.0 Å². The first-order valence-electron chi connectivity index (χ1n) is 7.97. The first kappa shape index (κ1) is 21.2. The summed E-state index contributed by atoms with van der Waals surface area (Å²) in [5.41, 5.74) is 1.52. The highest BCUT2D eigenvalue weighted by Gasteiger charge is 2.43. The minimum Gasteiger partial charge on any atom is -0.357 e. The van der Waals surface area contributed by atoms with Gasteiger partial charge in [-0.05, 0) is 25.3 Å². The number of nitrogens with one attached hydrogen (secondary N) is 3. The van der Waals surface area contributed by atoms with Crippen molar-refractivity contribution >= 4 is 40.0 Å². The molecule has 1 aliphatic rings. The van der Waals surface area contributed by atoms with Gasteiger partial charge in [-0.25, -0.2) is 13.1 Å². The Bertz CT molecular complexity index is 631. The highest BCUT2D eigenvalue weighted by Crippen LogP contribution is 2.48. The zero-order valence-corrected chi connectivity index (χ0v) is 17.4. The van der Waals surface area contributed by atoms with Gasteiger partial charge >= 0.3 is 0 Å². The summed E-state index contributed by atoms with van der Waals surface area (Å²) < 4.78 is 24.5. The molecule has 8 heteroatoms. The average molecular weight is 466 g/mol. The number of nitrogens with zero attached hydrogens (tertiary/aromatic N) is 1. The van der Waals surface area contributed by atoms with Gasteiger partial charge in [-0.2, -0.15) is 0 Å². The van der Waals surface area contributed by atoms with Gasteiger partial charge in [-0.15, -0.1) is 24.0 Å². The van der Waals surface area contributed by atoms with Crippen molar-refractivity contribution < 1.29 is 8.42 Å². The van der Waals surface area contributed by atoms with Gasteiger partial charge in [0.05, 0.1) is 12.8 Å². The predicted octanol–water partition coefficient (Wildman–Crippen LogP) is 1.44. The van der Waals surface area contributed by atoms with Crippen LogP contribution in [0.15, 0.2) is 35.3 Å². The smallest absolute Gasteiger partial charge is 0.208 e. The summed E-state index contributed by atoms with van der Waals surface area (Å²) in [6.07, 6.45) is 3.48. The molecular weight excluding hydrogens is 439 g/mol. The maximum atomic E-state index is 11.0. The lowest BCUT2D eigenvalue weighted by molar-refractivity contribution is 0.586. The van der Waals surface area contributed by atoms with E-state index in [1.165, 1.54) is 5.56 Å². The fraction of sp³-hybridized carbons (Fsp3) is 0.562. The normalized spacial score (nSPS) is 16.2. The maximum Gasteiger partial charge on any atom is 0.208 e. The summed E-state index contributed by atoms with van der Waals surface area (Å²) in [4.78, 5) is 4.68. The van der Waals surface area contributed by atoms with Crippen molar-refractivity contribution in [2.45, 2.75) is 25.2 Å². The quantitative estimate of drug-likeness (QED) is 0.235. The lowest BCUT2D eigenvalue weighted by atomic mass is 9.96. The van der Waals surface area contributed by atoms with Gasteiger partial charge in [0.1, 0.15) is 0 Å². The van der Waals surface area contributed by atoms with Gasteiger partial charge in [-0.1, -0.05) is 30.3 Å². The molecule has 0 saturated heterocycles. The molecule has 24 heavy (non-hydrogen) atoms. The van der Waals surface area contributed by atoms with E-state index in [1.807, 2.05) is 13.0 Å². The number of halogens is 1. The number of guanidine groups is 1. The summed E-state index contributed by atoms with van der Waals surface area (Å²) in [6, 6.07) is 10.5. The van der Waals surface area contributed by atoms with Gasteiger partial charge in [0.15, 0.2) is 5.96 Å². The molecule has 0 spiro atoms. The second kappa shape index (κ2) is 9.57. The maximum absolute atomic E-state index is 11.0.